The molecule has 1 rings (SSSR count). The molecule has 0 aromatic heterocycles. The second kappa shape index (κ2) is 8.00. The Bertz CT molecular complexity index is 358. The molecule has 0 unspecified atom stereocenters. The number of hydrogen-bond donors (Lipinski definition) is 2. The van der Waals surface area contributed by atoms with E-state index < -0.39 is 0 Å². The van der Waals surface area contributed by atoms with E-state index in [1.807, 2.05) is 24.3 Å². The minimum absolute atomic E-state index is 0.559. The van der Waals surface area contributed by atoms with E-state index in [4.69, 9.17) is 21.7 Å². The van der Waals surface area contributed by atoms with Crippen LogP contribution in [0.5, 0.6) is 0 Å². The van der Waals surface area contributed by atoms with Crippen LogP contribution in [0.4, 0.5) is 5.69 Å². The summed E-state index contributed by atoms with van der Waals surface area (Å²) in [5.74, 6) is 0. The van der Waals surface area contributed by atoms with E-state index >= 15 is 0 Å². The SMILES string of the molecule is COCCNC(=S)Nc1ccccc1COC. The molecular formula is C12H18N2O2S. The molecule has 0 radical (unpaired) electrons. The van der Waals surface area contributed by atoms with E-state index in [9.17, 15) is 0 Å². The lowest BCUT2D eigenvalue weighted by Gasteiger charge is -2.13. The predicted octanol–water partition coefficient (Wildman–Crippen LogP) is 1.77. The molecule has 0 saturated carbocycles. The summed E-state index contributed by atoms with van der Waals surface area (Å²) in [6, 6.07) is 7.91. The third-order valence-corrected chi connectivity index (χ3v) is 2.40. The smallest absolute Gasteiger partial charge is 0.170 e. The molecule has 0 atom stereocenters. The zero-order valence-corrected chi connectivity index (χ0v) is 11.0. The summed E-state index contributed by atoms with van der Waals surface area (Å²) in [6.45, 7) is 1.88. The average Bonchev–Trinajstić information content (AvgIpc) is 2.32. The van der Waals surface area contributed by atoms with E-state index in [0.717, 1.165) is 11.3 Å². The Kier molecular flexibility index (Phi) is 6.54. The second-order valence-electron chi connectivity index (χ2n) is 3.46. The molecule has 0 aliphatic carbocycles. The van der Waals surface area contributed by atoms with Gasteiger partial charge in [0.15, 0.2) is 5.11 Å². The molecule has 0 fully saturated rings. The van der Waals surface area contributed by atoms with Gasteiger partial charge in [0.2, 0.25) is 0 Å². The number of thiocarbonyl (C=S) groups is 1. The van der Waals surface area contributed by atoms with Gasteiger partial charge in [-0.15, -0.1) is 0 Å². The van der Waals surface area contributed by atoms with Crippen LogP contribution >= 0.6 is 12.2 Å². The molecule has 0 saturated heterocycles. The van der Waals surface area contributed by atoms with Crippen LogP contribution in [0.1, 0.15) is 5.56 Å². The summed E-state index contributed by atoms with van der Waals surface area (Å²) in [5, 5.41) is 6.78. The van der Waals surface area contributed by atoms with Crippen molar-refractivity contribution < 1.29 is 9.47 Å². The molecule has 0 aliphatic heterocycles. The van der Waals surface area contributed by atoms with Crippen LogP contribution in [-0.4, -0.2) is 32.5 Å². The molecule has 0 amide bonds. The van der Waals surface area contributed by atoms with E-state index in [0.29, 0.717) is 24.9 Å². The number of benzene rings is 1. The monoisotopic (exact) mass is 254 g/mol. The van der Waals surface area contributed by atoms with Gasteiger partial charge in [0.25, 0.3) is 0 Å². The van der Waals surface area contributed by atoms with E-state index in [2.05, 4.69) is 10.6 Å². The van der Waals surface area contributed by atoms with Crippen molar-refractivity contribution in [3.63, 3.8) is 0 Å². The first-order chi connectivity index (χ1) is 8.27. The number of ether oxygens (including phenoxy) is 2. The van der Waals surface area contributed by atoms with E-state index in [1.165, 1.54) is 0 Å². The number of anilines is 1. The first-order valence-corrected chi connectivity index (χ1v) is 5.79. The van der Waals surface area contributed by atoms with Gasteiger partial charge >= 0.3 is 0 Å². The van der Waals surface area contributed by atoms with Crippen LogP contribution in [0.15, 0.2) is 24.3 Å². The van der Waals surface area contributed by atoms with Gasteiger partial charge in [-0.1, -0.05) is 18.2 Å². The van der Waals surface area contributed by atoms with Crippen LogP contribution < -0.4 is 10.6 Å². The molecule has 0 aliphatic rings. The van der Waals surface area contributed by atoms with E-state index in [1.54, 1.807) is 14.2 Å². The molecule has 4 nitrogen and oxygen atoms in total. The van der Waals surface area contributed by atoms with Gasteiger partial charge in [-0.25, -0.2) is 0 Å². The fourth-order valence-electron chi connectivity index (χ4n) is 1.36. The van der Waals surface area contributed by atoms with Gasteiger partial charge in [-0.2, -0.15) is 0 Å². The Morgan fingerprint density at radius 1 is 1.24 bits per heavy atom. The molecule has 17 heavy (non-hydrogen) atoms. The van der Waals surface area contributed by atoms with Gasteiger partial charge in [-0.05, 0) is 18.3 Å². The van der Waals surface area contributed by atoms with Crippen molar-refractivity contribution in [1.29, 1.82) is 0 Å². The molecule has 1 aromatic rings. The zero-order chi connectivity index (χ0) is 12.5. The second-order valence-corrected chi connectivity index (χ2v) is 3.87. The van der Waals surface area contributed by atoms with Crippen LogP contribution in [0, 0.1) is 0 Å². The van der Waals surface area contributed by atoms with Crippen molar-refractivity contribution in [2.45, 2.75) is 6.61 Å². The third kappa shape index (κ3) is 5.12. The minimum atomic E-state index is 0.559. The van der Waals surface area contributed by atoms with Crippen molar-refractivity contribution in [2.24, 2.45) is 0 Å². The fraction of sp³-hybridized carbons (Fsp3) is 0.417. The highest BCUT2D eigenvalue weighted by molar-refractivity contribution is 7.80. The van der Waals surface area contributed by atoms with Gasteiger partial charge in [0, 0.05) is 32.0 Å². The van der Waals surface area contributed by atoms with Crippen LogP contribution in [0.2, 0.25) is 0 Å². The molecule has 5 heteroatoms. The lowest BCUT2D eigenvalue weighted by Crippen LogP contribution is -2.31. The lowest BCUT2D eigenvalue weighted by atomic mass is 10.2. The topological polar surface area (TPSA) is 42.5 Å². The van der Waals surface area contributed by atoms with Crippen molar-refractivity contribution in [2.75, 3.05) is 32.7 Å². The lowest BCUT2D eigenvalue weighted by molar-refractivity contribution is 0.185. The average molecular weight is 254 g/mol. The van der Waals surface area contributed by atoms with Crippen molar-refractivity contribution in [3.05, 3.63) is 29.8 Å². The standard InChI is InChI=1S/C12H18N2O2S/c1-15-8-7-13-12(17)14-11-6-4-3-5-10(11)9-16-2/h3-6H,7-9H2,1-2H3,(H2,13,14,17). The Morgan fingerprint density at radius 2 is 2.00 bits per heavy atom. The maximum absolute atomic E-state index is 5.17. The summed E-state index contributed by atoms with van der Waals surface area (Å²) in [5.41, 5.74) is 2.04. The maximum Gasteiger partial charge on any atom is 0.170 e. The molecule has 2 N–H and O–H groups in total. The van der Waals surface area contributed by atoms with Crippen molar-refractivity contribution >= 4 is 23.0 Å². The van der Waals surface area contributed by atoms with Gasteiger partial charge < -0.3 is 20.1 Å². The highest BCUT2D eigenvalue weighted by atomic mass is 32.1. The maximum atomic E-state index is 5.17. The Balaban J connectivity index is 2.52. The fourth-order valence-corrected chi connectivity index (χ4v) is 1.57. The Hall–Kier alpha value is -1.17. The Labute approximate surface area is 107 Å². The summed E-state index contributed by atoms with van der Waals surface area (Å²) >= 11 is 5.17. The highest BCUT2D eigenvalue weighted by Crippen LogP contribution is 2.15. The van der Waals surface area contributed by atoms with E-state index in [-0.39, 0.29) is 0 Å². The van der Waals surface area contributed by atoms with Crippen molar-refractivity contribution in [3.8, 4) is 0 Å². The summed E-state index contributed by atoms with van der Waals surface area (Å²) in [6.07, 6.45) is 0. The van der Waals surface area contributed by atoms with Crippen LogP contribution in [0.25, 0.3) is 0 Å². The third-order valence-electron chi connectivity index (χ3n) is 2.16. The molecule has 1 aromatic carbocycles. The molecule has 0 heterocycles. The minimum Gasteiger partial charge on any atom is -0.383 e. The Morgan fingerprint density at radius 3 is 2.71 bits per heavy atom. The molecule has 0 spiro atoms. The number of para-hydroxylation sites is 1. The summed E-state index contributed by atoms with van der Waals surface area (Å²) in [7, 11) is 3.33. The van der Waals surface area contributed by atoms with Crippen LogP contribution in [-0.2, 0) is 16.1 Å². The summed E-state index contributed by atoms with van der Waals surface area (Å²) in [4.78, 5) is 0. The van der Waals surface area contributed by atoms with Crippen molar-refractivity contribution in [1.82, 2.24) is 5.32 Å². The number of methoxy groups -OCH3 is 2. The number of rotatable bonds is 6. The van der Waals surface area contributed by atoms with Gasteiger partial charge in [-0.3, -0.25) is 0 Å². The predicted molar refractivity (Wildman–Crippen MR) is 73.3 cm³/mol. The first kappa shape index (κ1) is 13.9. The quantitative estimate of drug-likeness (QED) is 0.598. The first-order valence-electron chi connectivity index (χ1n) is 5.38. The highest BCUT2D eigenvalue weighted by Gasteiger charge is 2.02. The number of hydrogen-bond acceptors (Lipinski definition) is 3. The van der Waals surface area contributed by atoms with Gasteiger partial charge in [0.1, 0.15) is 0 Å². The van der Waals surface area contributed by atoms with Gasteiger partial charge in [0.05, 0.1) is 13.2 Å². The summed E-state index contributed by atoms with van der Waals surface area (Å²) < 4.78 is 10.1. The molecular weight excluding hydrogens is 236 g/mol. The molecule has 0 bridgehead atoms. The normalized spacial score (nSPS) is 10.0. The molecule has 94 valence electrons. The van der Waals surface area contributed by atoms with Crippen LogP contribution in [0.3, 0.4) is 0 Å². The number of nitrogens with one attached hydrogen (secondary N) is 2. The zero-order valence-electron chi connectivity index (χ0n) is 10.2. The largest absolute Gasteiger partial charge is 0.383 e.